The third-order valence-corrected chi connectivity index (χ3v) is 13.7. The molecule has 0 aromatic heterocycles. The number of hydrogen-bond donors (Lipinski definition) is 2. The van der Waals surface area contributed by atoms with Gasteiger partial charge in [-0.2, -0.15) is 13.0 Å². The topological polar surface area (TPSA) is 279 Å². The molecule has 2 unspecified atom stereocenters. The molecule has 21 heteroatoms. The minimum atomic E-state index is -4.93. The Labute approximate surface area is 333 Å². The first-order valence-electron chi connectivity index (χ1n) is 17.9. The lowest BCUT2D eigenvalue weighted by Gasteiger charge is -2.30. The first-order chi connectivity index (χ1) is 26.3. The molecule has 0 spiro atoms. The van der Waals surface area contributed by atoms with E-state index in [2.05, 4.69) is 0 Å². The number of carboxylic acids is 1. The van der Waals surface area contributed by atoms with Crippen LogP contribution >= 0.6 is 0 Å². The fourth-order valence-corrected chi connectivity index (χ4v) is 9.73. The Morgan fingerprint density at radius 2 is 1.42 bits per heavy atom. The number of rotatable bonds is 21. The standard InChI is InChI=1S/C36H48N2O15S4/c1-35(17-8-22-54(41,42)43)28-24-26(56(47,48)49)13-15-30(28)37(19-6-4-5-12-34(39)40)32(35)10-7-11-33-36(2,18-9-23-55(44,45)46)29-25-27(57(50,51)52)14-16-31(29)38(33)20-21-53-3/h7,10-11,13-16,24-25H,4-6,8-9,12,17-23H2,1-3H3,(H4-,39,40,41,42,43,44,45,46,47,48,49,50,51,52)/p-2. The minimum Gasteiger partial charge on any atom is -0.748 e. The van der Waals surface area contributed by atoms with Crippen LogP contribution in [-0.4, -0.2) is 112 Å². The summed E-state index contributed by atoms with van der Waals surface area (Å²) in [6.45, 7) is 4.20. The summed E-state index contributed by atoms with van der Waals surface area (Å²) in [5.41, 5.74) is 0.631. The summed E-state index contributed by atoms with van der Waals surface area (Å²) < 4.78 is 148. The zero-order chi connectivity index (χ0) is 42.6. The third kappa shape index (κ3) is 11.4. The van der Waals surface area contributed by atoms with Gasteiger partial charge in [-0.3, -0.25) is 9.35 Å². The Morgan fingerprint density at radius 1 is 0.825 bits per heavy atom. The van der Waals surface area contributed by atoms with Gasteiger partial charge in [-0.1, -0.05) is 6.08 Å². The zero-order valence-corrected chi connectivity index (χ0v) is 34.9. The van der Waals surface area contributed by atoms with Crippen molar-refractivity contribution in [1.82, 2.24) is 0 Å². The monoisotopic (exact) mass is 874 g/mol. The Bertz CT molecular complexity index is 2410. The van der Waals surface area contributed by atoms with Crippen LogP contribution in [0.3, 0.4) is 0 Å². The second kappa shape index (κ2) is 17.8. The molecule has 2 N–H and O–H groups in total. The van der Waals surface area contributed by atoms with Gasteiger partial charge >= 0.3 is 5.97 Å². The van der Waals surface area contributed by atoms with Gasteiger partial charge in [-0.25, -0.2) is 25.3 Å². The van der Waals surface area contributed by atoms with Crippen molar-refractivity contribution in [3.8, 4) is 0 Å². The highest BCUT2D eigenvalue weighted by Gasteiger charge is 2.48. The maximum Gasteiger partial charge on any atom is 0.303 e. The van der Waals surface area contributed by atoms with E-state index >= 15 is 0 Å². The first kappa shape index (κ1) is 46.2. The van der Waals surface area contributed by atoms with Crippen LogP contribution in [0.25, 0.3) is 0 Å². The van der Waals surface area contributed by atoms with Crippen LogP contribution in [0, 0.1) is 0 Å². The molecule has 57 heavy (non-hydrogen) atoms. The zero-order valence-electron chi connectivity index (χ0n) is 31.6. The fraction of sp³-hybridized carbons (Fsp3) is 0.500. The van der Waals surface area contributed by atoms with Crippen LogP contribution in [0.4, 0.5) is 11.4 Å². The molecule has 0 saturated carbocycles. The van der Waals surface area contributed by atoms with Crippen molar-refractivity contribution in [2.45, 2.75) is 85.8 Å². The van der Waals surface area contributed by atoms with Crippen LogP contribution in [-0.2, 0) is 60.8 Å². The molecule has 2 atom stereocenters. The normalized spacial score (nSPS) is 20.8. The van der Waals surface area contributed by atoms with E-state index in [0.29, 0.717) is 59.7 Å². The van der Waals surface area contributed by atoms with Crippen molar-refractivity contribution >= 4 is 63.5 Å². The van der Waals surface area contributed by atoms with E-state index < -0.39 is 78.6 Å². The number of ether oxygens (including phenoxy) is 1. The van der Waals surface area contributed by atoms with E-state index in [4.69, 9.17) is 9.84 Å². The number of carboxylic acid groups (broad SMARTS) is 1. The average molecular weight is 875 g/mol. The maximum absolute atomic E-state index is 12.2. The lowest BCUT2D eigenvalue weighted by Crippen LogP contribution is -2.32. The second-order valence-corrected chi connectivity index (χ2v) is 20.3. The Kier molecular flexibility index (Phi) is 14.4. The third-order valence-electron chi connectivity index (χ3n) is 10.4. The van der Waals surface area contributed by atoms with Gasteiger partial charge in [0.15, 0.2) is 5.71 Å². The summed E-state index contributed by atoms with van der Waals surface area (Å²) in [4.78, 5) is 12.0. The average Bonchev–Trinajstić information content (AvgIpc) is 3.45. The largest absolute Gasteiger partial charge is 0.748 e. The van der Waals surface area contributed by atoms with Gasteiger partial charge in [-0.15, -0.1) is 0 Å². The number of methoxy groups -OCH3 is 1. The van der Waals surface area contributed by atoms with Crippen LogP contribution < -0.4 is 4.90 Å². The van der Waals surface area contributed by atoms with E-state index in [0.717, 1.165) is 6.07 Å². The van der Waals surface area contributed by atoms with E-state index in [1.807, 2.05) is 9.48 Å². The lowest BCUT2D eigenvalue weighted by atomic mass is 9.75. The molecular weight excluding hydrogens is 829 g/mol. The number of anilines is 1. The summed E-state index contributed by atoms with van der Waals surface area (Å²) in [5, 5.41) is 9.12. The molecule has 0 saturated heterocycles. The second-order valence-electron chi connectivity index (χ2n) is 14.5. The molecule has 316 valence electrons. The van der Waals surface area contributed by atoms with Gasteiger partial charge in [0.05, 0.1) is 42.0 Å². The molecule has 2 aromatic rings. The quantitative estimate of drug-likeness (QED) is 0.103. The van der Waals surface area contributed by atoms with E-state index in [1.165, 1.54) is 37.4 Å². The van der Waals surface area contributed by atoms with Gasteiger partial charge in [0.2, 0.25) is 5.69 Å². The molecular formula is C36H46N2O15S4-2. The predicted octanol–water partition coefficient (Wildman–Crippen LogP) is 3.35. The number of allylic oxidation sites excluding steroid dienone is 4. The van der Waals surface area contributed by atoms with Crippen molar-refractivity contribution in [2.24, 2.45) is 0 Å². The Balaban J connectivity index is 1.93. The van der Waals surface area contributed by atoms with Crippen LogP contribution in [0.15, 0.2) is 70.1 Å². The van der Waals surface area contributed by atoms with Crippen LogP contribution in [0.2, 0.25) is 0 Å². The molecule has 2 aliphatic heterocycles. The van der Waals surface area contributed by atoms with E-state index in [1.54, 1.807) is 32.1 Å². The number of fused-ring (bicyclic) bond motifs is 2. The Hall–Kier alpha value is -3.54. The molecule has 0 radical (unpaired) electrons. The molecule has 0 amide bonds. The summed E-state index contributed by atoms with van der Waals surface area (Å²) in [6.07, 6.45) is 6.21. The molecule has 2 aromatic carbocycles. The Morgan fingerprint density at radius 3 is 1.98 bits per heavy atom. The number of nitrogens with zero attached hydrogens (tertiary/aromatic N) is 2. The summed E-state index contributed by atoms with van der Waals surface area (Å²) >= 11 is 0. The summed E-state index contributed by atoms with van der Waals surface area (Å²) in [7, 11) is -17.4. The highest BCUT2D eigenvalue weighted by atomic mass is 32.2. The number of benzene rings is 2. The van der Waals surface area contributed by atoms with Crippen molar-refractivity contribution < 1.29 is 71.1 Å². The molecule has 0 fully saturated rings. The predicted molar refractivity (Wildman–Crippen MR) is 205 cm³/mol. The lowest BCUT2D eigenvalue weighted by molar-refractivity contribution is -0.438. The number of carbonyl (C=O) groups is 1. The van der Waals surface area contributed by atoms with E-state index in [-0.39, 0.29) is 45.3 Å². The molecule has 0 aliphatic carbocycles. The van der Waals surface area contributed by atoms with Gasteiger partial charge in [0.1, 0.15) is 16.7 Å². The molecule has 4 rings (SSSR count). The summed E-state index contributed by atoms with van der Waals surface area (Å²) in [6, 6.07) is 7.87. The number of unbranched alkanes of at least 4 members (excludes halogenated alkanes) is 2. The van der Waals surface area contributed by atoms with E-state index in [9.17, 15) is 56.7 Å². The van der Waals surface area contributed by atoms with Gasteiger partial charge in [-0.05, 0) is 94.3 Å². The molecule has 0 bridgehead atoms. The highest BCUT2D eigenvalue weighted by molar-refractivity contribution is 7.86. The summed E-state index contributed by atoms with van der Waals surface area (Å²) in [5.74, 6) is -2.38. The molecule has 17 nitrogen and oxygen atoms in total. The van der Waals surface area contributed by atoms with Gasteiger partial charge in [0.25, 0.3) is 10.1 Å². The van der Waals surface area contributed by atoms with Gasteiger partial charge in [0, 0.05) is 72.5 Å². The molecule has 2 aliphatic rings. The van der Waals surface area contributed by atoms with Gasteiger partial charge < -0.3 is 28.4 Å². The van der Waals surface area contributed by atoms with Crippen molar-refractivity contribution in [3.05, 3.63) is 71.5 Å². The highest BCUT2D eigenvalue weighted by Crippen LogP contribution is 2.51. The first-order valence-corrected chi connectivity index (χ1v) is 23.9. The minimum absolute atomic E-state index is 0.0286. The smallest absolute Gasteiger partial charge is 0.303 e. The number of hydrogen-bond acceptors (Lipinski definition) is 14. The van der Waals surface area contributed by atoms with Crippen LogP contribution in [0.5, 0.6) is 0 Å². The number of aliphatic carboxylic acids is 1. The fourth-order valence-electron chi connectivity index (χ4n) is 7.73. The molecule has 2 heterocycles. The van der Waals surface area contributed by atoms with Crippen molar-refractivity contribution in [3.63, 3.8) is 0 Å². The van der Waals surface area contributed by atoms with Crippen molar-refractivity contribution in [1.29, 1.82) is 0 Å². The van der Waals surface area contributed by atoms with Crippen molar-refractivity contribution in [2.75, 3.05) is 43.2 Å². The SMILES string of the molecule is COCCN1/C(=C/C=C/C2=[N+](CCCCCC(=O)O)c3ccc(S(=O)(=O)[O-])cc3C2(C)CCCS(=O)(=O)[O-])C(C)(CCCS(=O)(=O)[O-])c2cc(S(=O)(=O)O)ccc21. The maximum atomic E-state index is 12.2. The van der Waals surface area contributed by atoms with Crippen LogP contribution in [0.1, 0.15) is 76.3 Å².